The molecule has 0 saturated carbocycles. The highest BCUT2D eigenvalue weighted by Gasteiger charge is 2.33. The van der Waals surface area contributed by atoms with Gasteiger partial charge in [-0.1, -0.05) is 36.4 Å². The smallest absolute Gasteiger partial charge is 0.264 e. The molecule has 0 bridgehead atoms. The first kappa shape index (κ1) is 29.4. The van der Waals surface area contributed by atoms with Crippen molar-refractivity contribution in [3.63, 3.8) is 0 Å². The van der Waals surface area contributed by atoms with E-state index >= 15 is 0 Å². The minimum Gasteiger partial charge on any atom is -0.493 e. The monoisotopic (exact) mass is 557 g/mol. The predicted molar refractivity (Wildman–Crippen MR) is 146 cm³/mol. The summed E-state index contributed by atoms with van der Waals surface area (Å²) in [6.45, 7) is 2.70. The molecule has 0 radical (unpaired) electrons. The summed E-state index contributed by atoms with van der Waals surface area (Å²) in [4.78, 5) is 27.5. The maximum absolute atomic E-state index is 14.5. The number of ether oxygens (including phenoxy) is 2. The number of nitrogens with one attached hydrogen (secondary N) is 1. The minimum absolute atomic E-state index is 0.130. The van der Waals surface area contributed by atoms with Crippen molar-refractivity contribution in [2.75, 3.05) is 31.6 Å². The average Bonchev–Trinajstić information content (AvgIpc) is 2.95. The van der Waals surface area contributed by atoms with Crippen molar-refractivity contribution >= 4 is 27.5 Å². The summed E-state index contributed by atoms with van der Waals surface area (Å²) < 4.78 is 53.8. The number of carbonyl (C=O) groups is 2. The number of hydrogen-bond acceptors (Lipinski definition) is 6. The van der Waals surface area contributed by atoms with Crippen LogP contribution in [0.25, 0.3) is 0 Å². The Bertz CT molecular complexity index is 1400. The van der Waals surface area contributed by atoms with Crippen molar-refractivity contribution in [2.24, 2.45) is 0 Å². The third-order valence-corrected chi connectivity index (χ3v) is 7.85. The van der Waals surface area contributed by atoms with Crippen LogP contribution in [0.3, 0.4) is 0 Å². The standard InChI is InChI=1S/C28H32FN3O6S/c1-5-30-28(34)20(2)31(18-21-11-9-10-14-24(21)29)27(33)19-32(22-12-7-6-8-13-22)39(35,36)23-15-16-25(37-3)26(17-23)38-4/h6-17,20H,5,18-19H2,1-4H3,(H,30,34). The summed E-state index contributed by atoms with van der Waals surface area (Å²) in [7, 11) is -1.49. The molecular formula is C28H32FN3O6S. The van der Waals surface area contributed by atoms with Crippen LogP contribution in [0.1, 0.15) is 19.4 Å². The molecule has 1 N–H and O–H groups in total. The lowest BCUT2D eigenvalue weighted by molar-refractivity contribution is -0.139. The van der Waals surface area contributed by atoms with Crippen LogP contribution in [0.4, 0.5) is 10.1 Å². The second-order valence-corrected chi connectivity index (χ2v) is 10.4. The average molecular weight is 558 g/mol. The summed E-state index contributed by atoms with van der Waals surface area (Å²) in [6, 6.07) is 17.1. The number of rotatable bonds is 12. The molecule has 0 saturated heterocycles. The molecule has 1 atom stereocenters. The number of sulfonamides is 1. The van der Waals surface area contributed by atoms with Gasteiger partial charge in [0, 0.05) is 24.7 Å². The van der Waals surface area contributed by atoms with E-state index in [-0.39, 0.29) is 28.4 Å². The molecule has 1 unspecified atom stereocenters. The molecule has 208 valence electrons. The Morgan fingerprint density at radius 3 is 2.21 bits per heavy atom. The number of likely N-dealkylation sites (N-methyl/N-ethyl adjacent to an activating group) is 1. The van der Waals surface area contributed by atoms with Crippen LogP contribution < -0.4 is 19.1 Å². The van der Waals surface area contributed by atoms with Gasteiger partial charge in [-0.15, -0.1) is 0 Å². The lowest BCUT2D eigenvalue weighted by Crippen LogP contribution is -2.51. The number of amides is 2. The molecular weight excluding hydrogens is 525 g/mol. The van der Waals surface area contributed by atoms with Crippen LogP contribution in [0.5, 0.6) is 11.5 Å². The second kappa shape index (κ2) is 13.1. The molecule has 3 aromatic carbocycles. The van der Waals surface area contributed by atoms with E-state index in [1.54, 1.807) is 43.3 Å². The zero-order valence-electron chi connectivity index (χ0n) is 22.3. The van der Waals surface area contributed by atoms with Gasteiger partial charge in [0.15, 0.2) is 11.5 Å². The van der Waals surface area contributed by atoms with Crippen LogP contribution in [0.15, 0.2) is 77.7 Å². The minimum atomic E-state index is -4.30. The van der Waals surface area contributed by atoms with Gasteiger partial charge in [-0.2, -0.15) is 0 Å². The summed E-state index contributed by atoms with van der Waals surface area (Å²) in [5.74, 6) is -1.15. The molecule has 3 rings (SSSR count). The number of methoxy groups -OCH3 is 2. The number of halogens is 1. The van der Waals surface area contributed by atoms with Gasteiger partial charge < -0.3 is 19.7 Å². The SMILES string of the molecule is CCNC(=O)C(C)N(Cc1ccccc1F)C(=O)CN(c1ccccc1)S(=O)(=O)c1ccc(OC)c(OC)c1. The molecule has 0 aromatic heterocycles. The molecule has 0 aliphatic heterocycles. The number of benzene rings is 3. The fraction of sp³-hybridized carbons (Fsp3) is 0.286. The van der Waals surface area contributed by atoms with Crippen molar-refractivity contribution in [1.82, 2.24) is 10.2 Å². The summed E-state index contributed by atoms with van der Waals surface area (Å²) in [6.07, 6.45) is 0. The van der Waals surface area contributed by atoms with Gasteiger partial charge in [0.1, 0.15) is 18.4 Å². The second-order valence-electron chi connectivity index (χ2n) is 8.55. The van der Waals surface area contributed by atoms with Crippen LogP contribution in [-0.4, -0.2) is 58.5 Å². The summed E-state index contributed by atoms with van der Waals surface area (Å²) in [5.41, 5.74) is 0.424. The summed E-state index contributed by atoms with van der Waals surface area (Å²) in [5, 5.41) is 2.66. The first-order valence-corrected chi connectivity index (χ1v) is 13.7. The van der Waals surface area contributed by atoms with Crippen molar-refractivity contribution in [1.29, 1.82) is 0 Å². The number of carbonyl (C=O) groups excluding carboxylic acids is 2. The van der Waals surface area contributed by atoms with E-state index in [2.05, 4.69) is 5.32 Å². The molecule has 0 fully saturated rings. The van der Waals surface area contributed by atoms with Crippen LogP contribution in [-0.2, 0) is 26.2 Å². The molecule has 0 aliphatic rings. The Morgan fingerprint density at radius 1 is 0.949 bits per heavy atom. The molecule has 0 spiro atoms. The van der Waals surface area contributed by atoms with Crippen molar-refractivity contribution in [3.8, 4) is 11.5 Å². The predicted octanol–water partition coefficient (Wildman–Crippen LogP) is 3.59. The summed E-state index contributed by atoms with van der Waals surface area (Å²) >= 11 is 0. The first-order valence-electron chi connectivity index (χ1n) is 12.2. The maximum Gasteiger partial charge on any atom is 0.264 e. The quantitative estimate of drug-likeness (QED) is 0.365. The first-order chi connectivity index (χ1) is 18.6. The highest BCUT2D eigenvalue weighted by atomic mass is 32.2. The molecule has 0 heterocycles. The molecule has 2 amide bonds. The maximum atomic E-state index is 14.5. The van der Waals surface area contributed by atoms with Gasteiger partial charge in [0.2, 0.25) is 11.8 Å². The van der Waals surface area contributed by atoms with Crippen LogP contribution >= 0.6 is 0 Å². The number of anilines is 1. The number of para-hydroxylation sites is 1. The lowest BCUT2D eigenvalue weighted by Gasteiger charge is -2.32. The number of nitrogens with zero attached hydrogens (tertiary/aromatic N) is 2. The Hall–Kier alpha value is -4.12. The third-order valence-electron chi connectivity index (χ3n) is 6.08. The van der Waals surface area contributed by atoms with Crippen molar-refractivity contribution in [3.05, 3.63) is 84.2 Å². The van der Waals surface area contributed by atoms with Gasteiger partial charge in [0.05, 0.1) is 24.8 Å². The van der Waals surface area contributed by atoms with Crippen LogP contribution in [0, 0.1) is 5.82 Å². The Kier molecular flexibility index (Phi) is 9.89. The highest BCUT2D eigenvalue weighted by Crippen LogP contribution is 2.32. The fourth-order valence-corrected chi connectivity index (χ4v) is 5.37. The van der Waals surface area contributed by atoms with Gasteiger partial charge in [-0.3, -0.25) is 13.9 Å². The van der Waals surface area contributed by atoms with E-state index in [4.69, 9.17) is 9.47 Å². The number of hydrogen-bond donors (Lipinski definition) is 1. The van der Waals surface area contributed by atoms with E-state index in [1.807, 2.05) is 0 Å². The molecule has 0 aliphatic carbocycles. The highest BCUT2D eigenvalue weighted by molar-refractivity contribution is 7.92. The topological polar surface area (TPSA) is 105 Å². The largest absolute Gasteiger partial charge is 0.493 e. The molecule has 39 heavy (non-hydrogen) atoms. The Labute approximate surface area is 228 Å². The fourth-order valence-electron chi connectivity index (χ4n) is 3.94. The van der Waals surface area contributed by atoms with Gasteiger partial charge in [0.25, 0.3) is 10.0 Å². The molecule has 3 aromatic rings. The normalized spacial score (nSPS) is 11.8. The zero-order valence-corrected chi connectivity index (χ0v) is 23.1. The lowest BCUT2D eigenvalue weighted by atomic mass is 10.1. The van der Waals surface area contributed by atoms with Gasteiger partial charge >= 0.3 is 0 Å². The van der Waals surface area contributed by atoms with Crippen molar-refractivity contribution < 1.29 is 31.9 Å². The molecule has 9 nitrogen and oxygen atoms in total. The van der Waals surface area contributed by atoms with E-state index in [0.29, 0.717) is 12.3 Å². The van der Waals surface area contributed by atoms with Crippen LogP contribution in [0.2, 0.25) is 0 Å². The van der Waals surface area contributed by atoms with Gasteiger partial charge in [-0.05, 0) is 44.2 Å². The van der Waals surface area contributed by atoms with Gasteiger partial charge in [-0.25, -0.2) is 12.8 Å². The van der Waals surface area contributed by atoms with E-state index in [0.717, 1.165) is 4.31 Å². The third kappa shape index (κ3) is 6.85. The van der Waals surface area contributed by atoms with Crippen molar-refractivity contribution in [2.45, 2.75) is 31.3 Å². The van der Waals surface area contributed by atoms with E-state index in [1.165, 1.54) is 62.4 Å². The Morgan fingerprint density at radius 2 is 1.59 bits per heavy atom. The van der Waals surface area contributed by atoms with E-state index in [9.17, 15) is 22.4 Å². The molecule has 11 heteroatoms. The zero-order chi connectivity index (χ0) is 28.6. The van der Waals surface area contributed by atoms with E-state index < -0.39 is 40.2 Å². The Balaban J connectivity index is 2.05.